The molecule has 5 rings (SSSR count). The van der Waals surface area contributed by atoms with Crippen LogP contribution >= 0.6 is 11.3 Å². The number of carbonyl (C=O) groups is 2. The second-order valence-corrected chi connectivity index (χ2v) is 9.52. The van der Waals surface area contributed by atoms with Gasteiger partial charge in [-0.15, -0.1) is 11.3 Å². The zero-order valence-corrected chi connectivity index (χ0v) is 19.5. The number of alkyl halides is 3. The summed E-state index contributed by atoms with van der Waals surface area (Å²) >= 11 is 1.80. The summed E-state index contributed by atoms with van der Waals surface area (Å²) < 4.78 is 47.2. The van der Waals surface area contributed by atoms with E-state index in [-0.39, 0.29) is 23.8 Å². The molecule has 1 aromatic carbocycles. The Bertz CT molecular complexity index is 1210. The molecule has 4 heterocycles. The van der Waals surface area contributed by atoms with Crippen LogP contribution < -0.4 is 0 Å². The highest BCUT2D eigenvalue weighted by atomic mass is 32.1. The van der Waals surface area contributed by atoms with Gasteiger partial charge < -0.3 is 14.6 Å². The Morgan fingerprint density at radius 3 is 2.34 bits per heavy atom. The zero-order chi connectivity index (χ0) is 25.3. The van der Waals surface area contributed by atoms with E-state index >= 15 is 0 Å². The van der Waals surface area contributed by atoms with Crippen molar-refractivity contribution in [3.05, 3.63) is 81.6 Å². The number of aryl methyl sites for hydroxylation is 1. The van der Waals surface area contributed by atoms with Crippen LogP contribution in [0.2, 0.25) is 0 Å². The number of hydrogen-bond donors (Lipinski definition) is 1. The van der Waals surface area contributed by atoms with E-state index in [1.165, 1.54) is 22.6 Å². The third-order valence-corrected chi connectivity index (χ3v) is 7.20. The molecule has 0 saturated carbocycles. The molecule has 1 amide bonds. The molecule has 3 aromatic rings. The van der Waals surface area contributed by atoms with Gasteiger partial charge in [0.15, 0.2) is 0 Å². The third kappa shape index (κ3) is 5.40. The zero-order valence-electron chi connectivity index (χ0n) is 18.7. The van der Waals surface area contributed by atoms with Gasteiger partial charge in [-0.3, -0.25) is 9.69 Å². The average molecular weight is 510 g/mol. The van der Waals surface area contributed by atoms with Gasteiger partial charge in [0.05, 0.1) is 12.1 Å². The van der Waals surface area contributed by atoms with Gasteiger partial charge in [0.25, 0.3) is 5.91 Å². The number of rotatable bonds is 4. The molecular formula is C24H23F4N3O3S. The van der Waals surface area contributed by atoms with Crippen molar-refractivity contribution in [3.8, 4) is 0 Å². The fraction of sp³-hybridized carbons (Fsp3) is 0.333. The Kier molecular flexibility index (Phi) is 7.00. The van der Waals surface area contributed by atoms with E-state index in [9.17, 15) is 22.4 Å². The highest BCUT2D eigenvalue weighted by Crippen LogP contribution is 2.35. The maximum Gasteiger partial charge on any atom is 0.490 e. The Morgan fingerprint density at radius 1 is 1.09 bits per heavy atom. The number of thiophene rings is 1. The highest BCUT2D eigenvalue weighted by molar-refractivity contribution is 7.10. The lowest BCUT2D eigenvalue weighted by atomic mass is 10.0. The van der Waals surface area contributed by atoms with Gasteiger partial charge in [0.1, 0.15) is 11.5 Å². The largest absolute Gasteiger partial charge is 0.490 e. The molecule has 0 bridgehead atoms. The first-order valence-corrected chi connectivity index (χ1v) is 11.7. The van der Waals surface area contributed by atoms with E-state index in [1.807, 2.05) is 23.2 Å². The monoisotopic (exact) mass is 509 g/mol. The lowest BCUT2D eigenvalue weighted by molar-refractivity contribution is -0.192. The van der Waals surface area contributed by atoms with Crippen LogP contribution in [0.5, 0.6) is 0 Å². The summed E-state index contributed by atoms with van der Waals surface area (Å²) in [6.07, 6.45) is -3.06. The molecule has 2 aromatic heterocycles. The maximum absolute atomic E-state index is 13.3. The van der Waals surface area contributed by atoms with Crippen molar-refractivity contribution in [3.63, 3.8) is 0 Å². The minimum Gasteiger partial charge on any atom is -0.475 e. The SMILES string of the molecule is Cc1ccsc1CN1CC2C(C1)n1cccc1C(=O)N2Cc1ccc(F)cc1.O=C(O)C(F)(F)F. The summed E-state index contributed by atoms with van der Waals surface area (Å²) in [5, 5.41) is 9.27. The number of aliphatic carboxylic acids is 1. The Hall–Kier alpha value is -3.18. The predicted molar refractivity (Wildman–Crippen MR) is 122 cm³/mol. The van der Waals surface area contributed by atoms with Crippen LogP contribution in [0.15, 0.2) is 54.0 Å². The molecule has 1 fully saturated rings. The smallest absolute Gasteiger partial charge is 0.475 e. The Balaban J connectivity index is 0.000000364. The van der Waals surface area contributed by atoms with E-state index < -0.39 is 12.1 Å². The summed E-state index contributed by atoms with van der Waals surface area (Å²) in [6.45, 7) is 5.37. The van der Waals surface area contributed by atoms with Gasteiger partial charge in [0.2, 0.25) is 0 Å². The topological polar surface area (TPSA) is 65.8 Å². The van der Waals surface area contributed by atoms with Gasteiger partial charge in [-0.05, 0) is 53.8 Å². The number of likely N-dealkylation sites (tertiary alicyclic amines) is 1. The first kappa shape index (κ1) is 24.9. The van der Waals surface area contributed by atoms with Crippen LogP contribution in [-0.4, -0.2) is 56.7 Å². The van der Waals surface area contributed by atoms with Gasteiger partial charge in [-0.2, -0.15) is 13.2 Å². The van der Waals surface area contributed by atoms with E-state index in [1.54, 1.807) is 23.5 Å². The summed E-state index contributed by atoms with van der Waals surface area (Å²) in [5.41, 5.74) is 3.04. The number of carboxylic acid groups (broad SMARTS) is 1. The Labute approximate surface area is 203 Å². The van der Waals surface area contributed by atoms with E-state index in [0.29, 0.717) is 6.54 Å². The van der Waals surface area contributed by atoms with Gasteiger partial charge in [-0.25, -0.2) is 9.18 Å². The van der Waals surface area contributed by atoms with Gasteiger partial charge in [-0.1, -0.05) is 12.1 Å². The van der Waals surface area contributed by atoms with Crippen LogP contribution in [0.1, 0.15) is 32.5 Å². The second kappa shape index (κ2) is 9.82. The lowest BCUT2D eigenvalue weighted by Gasteiger charge is -2.38. The number of nitrogens with zero attached hydrogens (tertiary/aromatic N) is 3. The predicted octanol–water partition coefficient (Wildman–Crippen LogP) is 4.71. The van der Waals surface area contributed by atoms with Crippen molar-refractivity contribution >= 4 is 23.2 Å². The van der Waals surface area contributed by atoms with Crippen LogP contribution in [0.3, 0.4) is 0 Å². The molecule has 2 atom stereocenters. The van der Waals surface area contributed by atoms with Gasteiger partial charge >= 0.3 is 12.1 Å². The van der Waals surface area contributed by atoms with E-state index in [0.717, 1.165) is 30.9 Å². The molecule has 0 radical (unpaired) electrons. The number of carbonyl (C=O) groups excluding carboxylic acids is 1. The molecular weight excluding hydrogens is 486 g/mol. The lowest BCUT2D eigenvalue weighted by Crippen LogP contribution is -2.49. The molecule has 0 spiro atoms. The number of carboxylic acids is 1. The quantitative estimate of drug-likeness (QED) is 0.518. The van der Waals surface area contributed by atoms with Crippen molar-refractivity contribution in [1.29, 1.82) is 0 Å². The third-order valence-electron chi connectivity index (χ3n) is 6.20. The Morgan fingerprint density at radius 2 is 1.74 bits per heavy atom. The minimum atomic E-state index is -5.08. The standard InChI is InChI=1S/C22H22FN3OS.C2HF3O2/c1-15-8-10-28-21(15)14-24-12-19-20(13-24)26(11-16-4-6-17(23)7-5-16)22(27)18-3-2-9-25(18)19;3-2(4,5)1(6)7/h2-10,19-20H,11-14H2,1H3;(H,6,7). The van der Waals surface area contributed by atoms with Crippen molar-refractivity contribution in [1.82, 2.24) is 14.4 Å². The van der Waals surface area contributed by atoms with Crippen LogP contribution in [0.4, 0.5) is 17.6 Å². The van der Waals surface area contributed by atoms with Crippen molar-refractivity contribution in [2.45, 2.75) is 38.3 Å². The molecule has 2 aliphatic heterocycles. The van der Waals surface area contributed by atoms with E-state index in [4.69, 9.17) is 9.90 Å². The minimum absolute atomic E-state index is 0.0599. The first-order valence-electron chi connectivity index (χ1n) is 10.8. The number of hydrogen-bond acceptors (Lipinski definition) is 4. The first-order chi connectivity index (χ1) is 16.5. The molecule has 6 nitrogen and oxygen atoms in total. The van der Waals surface area contributed by atoms with Crippen molar-refractivity contribution in [2.24, 2.45) is 0 Å². The van der Waals surface area contributed by atoms with Crippen LogP contribution in [0, 0.1) is 12.7 Å². The molecule has 35 heavy (non-hydrogen) atoms. The average Bonchev–Trinajstić information content (AvgIpc) is 3.53. The summed E-state index contributed by atoms with van der Waals surface area (Å²) in [5.74, 6) is -2.95. The number of aromatic nitrogens is 1. The number of halogens is 4. The second-order valence-electron chi connectivity index (χ2n) is 8.52. The molecule has 2 aliphatic rings. The number of amides is 1. The molecule has 186 valence electrons. The normalized spacial score (nSPS) is 19.7. The van der Waals surface area contributed by atoms with E-state index in [2.05, 4.69) is 27.8 Å². The summed E-state index contributed by atoms with van der Waals surface area (Å²) in [4.78, 5) is 27.9. The maximum atomic E-state index is 13.3. The number of fused-ring (bicyclic) bond motifs is 3. The van der Waals surface area contributed by atoms with Crippen LogP contribution in [-0.2, 0) is 17.9 Å². The molecule has 1 N–H and O–H groups in total. The number of benzene rings is 1. The van der Waals surface area contributed by atoms with Gasteiger partial charge in [0, 0.05) is 37.3 Å². The molecule has 1 saturated heterocycles. The van der Waals surface area contributed by atoms with Crippen LogP contribution in [0.25, 0.3) is 0 Å². The molecule has 2 unspecified atom stereocenters. The summed E-state index contributed by atoms with van der Waals surface area (Å²) in [6, 6.07) is 12.9. The van der Waals surface area contributed by atoms with Crippen molar-refractivity contribution in [2.75, 3.05) is 13.1 Å². The summed E-state index contributed by atoms with van der Waals surface area (Å²) in [7, 11) is 0. The fourth-order valence-corrected chi connectivity index (χ4v) is 5.41. The van der Waals surface area contributed by atoms with Crippen molar-refractivity contribution < 1.29 is 32.3 Å². The highest BCUT2D eigenvalue weighted by Gasteiger charge is 2.45. The molecule has 0 aliphatic carbocycles. The molecule has 11 heteroatoms. The fourth-order valence-electron chi connectivity index (χ4n) is 4.46.